The lowest BCUT2D eigenvalue weighted by molar-refractivity contribution is 0.724. The van der Waals surface area contributed by atoms with Crippen LogP contribution in [0.25, 0.3) is 16.7 Å². The average molecular weight is 330 g/mol. The molecule has 0 radical (unpaired) electrons. The van der Waals surface area contributed by atoms with Crippen LogP contribution in [-0.2, 0) is 0 Å². The van der Waals surface area contributed by atoms with Gasteiger partial charge in [-0.2, -0.15) is 5.10 Å². The summed E-state index contributed by atoms with van der Waals surface area (Å²) in [5.74, 6) is 1.55. The van der Waals surface area contributed by atoms with Crippen LogP contribution in [0.4, 0.5) is 5.82 Å². The lowest BCUT2D eigenvalue weighted by atomic mass is 10.3. The first-order valence-corrected chi connectivity index (χ1v) is 7.96. The molecule has 1 aliphatic rings. The summed E-state index contributed by atoms with van der Waals surface area (Å²) >= 11 is 6.00. The van der Waals surface area contributed by atoms with Crippen LogP contribution in [-0.4, -0.2) is 50.9 Å². The molecule has 0 amide bonds. The molecule has 0 atom stereocenters. The molecule has 3 aromatic heterocycles. The van der Waals surface area contributed by atoms with E-state index in [1.165, 1.54) is 0 Å². The third kappa shape index (κ3) is 2.85. The number of hydrogen-bond donors (Lipinski definition) is 1. The minimum atomic E-state index is 0.432. The van der Waals surface area contributed by atoms with E-state index in [2.05, 4.69) is 25.3 Å². The molecule has 0 saturated carbocycles. The van der Waals surface area contributed by atoms with Crippen LogP contribution in [0, 0.1) is 0 Å². The fraction of sp³-hybridized carbons (Fsp3) is 0.333. The molecule has 8 heteroatoms. The summed E-state index contributed by atoms with van der Waals surface area (Å²) in [5, 5.41) is 9.14. The molecule has 3 aromatic rings. The fourth-order valence-corrected chi connectivity index (χ4v) is 2.91. The van der Waals surface area contributed by atoms with Gasteiger partial charge in [0.1, 0.15) is 11.0 Å². The van der Waals surface area contributed by atoms with Crippen LogP contribution >= 0.6 is 11.6 Å². The van der Waals surface area contributed by atoms with E-state index in [9.17, 15) is 0 Å². The molecule has 4 rings (SSSR count). The number of pyridine rings is 1. The van der Waals surface area contributed by atoms with Crippen molar-refractivity contribution in [3.05, 3.63) is 36.0 Å². The molecule has 118 valence electrons. The minimum Gasteiger partial charge on any atom is -0.354 e. The normalized spacial score (nSPS) is 15.8. The highest BCUT2D eigenvalue weighted by atomic mass is 35.5. The number of nitrogens with one attached hydrogen (secondary N) is 1. The predicted molar refractivity (Wildman–Crippen MR) is 89.2 cm³/mol. The Morgan fingerprint density at radius 2 is 1.96 bits per heavy atom. The van der Waals surface area contributed by atoms with Gasteiger partial charge in [-0.05, 0) is 13.0 Å². The number of fused-ring (bicyclic) bond motifs is 1. The zero-order valence-corrected chi connectivity index (χ0v) is 13.2. The van der Waals surface area contributed by atoms with Crippen molar-refractivity contribution in [2.45, 2.75) is 6.42 Å². The molecule has 7 nitrogen and oxygen atoms in total. The molecular weight excluding hydrogens is 314 g/mol. The van der Waals surface area contributed by atoms with Crippen molar-refractivity contribution >= 4 is 28.3 Å². The number of rotatable bonds is 2. The highest BCUT2D eigenvalue weighted by molar-refractivity contribution is 6.30. The van der Waals surface area contributed by atoms with E-state index in [1.54, 1.807) is 35.5 Å². The molecule has 0 spiro atoms. The minimum absolute atomic E-state index is 0.432. The molecule has 1 aliphatic heterocycles. The van der Waals surface area contributed by atoms with Crippen molar-refractivity contribution in [3.8, 4) is 5.82 Å². The molecule has 1 saturated heterocycles. The average Bonchev–Trinajstić information content (AvgIpc) is 2.80. The van der Waals surface area contributed by atoms with Gasteiger partial charge in [0, 0.05) is 37.3 Å². The lowest BCUT2D eigenvalue weighted by Gasteiger charge is -2.20. The fourth-order valence-electron chi connectivity index (χ4n) is 2.75. The van der Waals surface area contributed by atoms with Crippen molar-refractivity contribution in [1.82, 2.24) is 30.0 Å². The number of nitrogens with zero attached hydrogens (tertiary/aromatic N) is 6. The number of aromatic nitrogens is 5. The van der Waals surface area contributed by atoms with E-state index in [0.717, 1.165) is 49.3 Å². The van der Waals surface area contributed by atoms with Crippen molar-refractivity contribution < 1.29 is 0 Å². The summed E-state index contributed by atoms with van der Waals surface area (Å²) in [7, 11) is 0. The smallest absolute Gasteiger partial charge is 0.174 e. The number of halogens is 1. The zero-order valence-electron chi connectivity index (χ0n) is 12.5. The van der Waals surface area contributed by atoms with Gasteiger partial charge in [0.25, 0.3) is 0 Å². The summed E-state index contributed by atoms with van der Waals surface area (Å²) in [5.41, 5.74) is 0.869. The van der Waals surface area contributed by atoms with Gasteiger partial charge in [0.15, 0.2) is 5.82 Å². The number of anilines is 1. The van der Waals surface area contributed by atoms with Crippen LogP contribution in [0.2, 0.25) is 5.15 Å². The highest BCUT2D eigenvalue weighted by Gasteiger charge is 2.13. The van der Waals surface area contributed by atoms with Gasteiger partial charge < -0.3 is 10.2 Å². The van der Waals surface area contributed by atoms with Crippen LogP contribution in [0.15, 0.2) is 30.9 Å². The molecule has 0 unspecified atom stereocenters. The topological polar surface area (TPSA) is 71.8 Å². The van der Waals surface area contributed by atoms with Crippen LogP contribution in [0.1, 0.15) is 6.42 Å². The van der Waals surface area contributed by atoms with Gasteiger partial charge in [0.2, 0.25) is 0 Å². The SMILES string of the molecule is Clc1cc2c(cn1)cnn2-c1cncc(N2CCCNCC2)n1. The molecule has 1 N–H and O–H groups in total. The third-order valence-corrected chi connectivity index (χ3v) is 4.12. The monoisotopic (exact) mass is 329 g/mol. The Balaban J connectivity index is 1.73. The summed E-state index contributed by atoms with van der Waals surface area (Å²) in [6, 6.07) is 1.79. The second-order valence-corrected chi connectivity index (χ2v) is 5.84. The number of hydrogen-bond acceptors (Lipinski definition) is 6. The highest BCUT2D eigenvalue weighted by Crippen LogP contribution is 2.20. The summed E-state index contributed by atoms with van der Waals surface area (Å²) in [6.07, 6.45) is 8.06. The molecule has 0 bridgehead atoms. The maximum absolute atomic E-state index is 6.00. The first-order chi connectivity index (χ1) is 11.3. The Morgan fingerprint density at radius 3 is 2.91 bits per heavy atom. The van der Waals surface area contributed by atoms with Crippen molar-refractivity contribution in [2.75, 3.05) is 31.1 Å². The van der Waals surface area contributed by atoms with Crippen molar-refractivity contribution in [3.63, 3.8) is 0 Å². The molecule has 23 heavy (non-hydrogen) atoms. The molecule has 4 heterocycles. The quantitative estimate of drug-likeness (QED) is 0.721. The van der Waals surface area contributed by atoms with Crippen molar-refractivity contribution in [2.24, 2.45) is 0 Å². The lowest BCUT2D eigenvalue weighted by Crippen LogP contribution is -2.29. The van der Waals surface area contributed by atoms with E-state index in [0.29, 0.717) is 11.0 Å². The summed E-state index contributed by atoms with van der Waals surface area (Å²) in [6.45, 7) is 3.89. The third-order valence-electron chi connectivity index (χ3n) is 3.91. The van der Waals surface area contributed by atoms with Crippen molar-refractivity contribution in [1.29, 1.82) is 0 Å². The largest absolute Gasteiger partial charge is 0.354 e. The first kappa shape index (κ1) is 14.3. The van der Waals surface area contributed by atoms with Crippen LogP contribution in [0.3, 0.4) is 0 Å². The van der Waals surface area contributed by atoms with Gasteiger partial charge in [-0.1, -0.05) is 11.6 Å². The molecule has 1 fully saturated rings. The van der Waals surface area contributed by atoms with Gasteiger partial charge in [0.05, 0.1) is 24.1 Å². The van der Waals surface area contributed by atoms with Gasteiger partial charge >= 0.3 is 0 Å². The first-order valence-electron chi connectivity index (χ1n) is 7.59. The van der Waals surface area contributed by atoms with Crippen LogP contribution < -0.4 is 10.2 Å². The zero-order chi connectivity index (χ0) is 15.6. The second-order valence-electron chi connectivity index (χ2n) is 5.45. The Kier molecular flexibility index (Phi) is 3.80. The van der Waals surface area contributed by atoms with E-state index >= 15 is 0 Å². The van der Waals surface area contributed by atoms with E-state index in [-0.39, 0.29) is 0 Å². The van der Waals surface area contributed by atoms with E-state index < -0.39 is 0 Å². The molecular formula is C15H16ClN7. The standard InChI is InChI=1S/C15H16ClN7/c16-13-6-12-11(7-19-13)8-20-23(12)15-10-18-9-14(21-15)22-4-1-2-17-3-5-22/h6-10,17H,1-5H2. The maximum atomic E-state index is 6.00. The second kappa shape index (κ2) is 6.10. The van der Waals surface area contributed by atoms with Crippen LogP contribution in [0.5, 0.6) is 0 Å². The van der Waals surface area contributed by atoms with Gasteiger partial charge in [-0.15, -0.1) is 0 Å². The Labute approximate surface area is 138 Å². The molecule has 0 aliphatic carbocycles. The Hall–Kier alpha value is -2.25. The van der Waals surface area contributed by atoms with Gasteiger partial charge in [-0.25, -0.2) is 14.6 Å². The Morgan fingerprint density at radius 1 is 1.04 bits per heavy atom. The summed E-state index contributed by atoms with van der Waals surface area (Å²) < 4.78 is 1.75. The Bertz CT molecular complexity index is 824. The van der Waals surface area contributed by atoms with Gasteiger partial charge in [-0.3, -0.25) is 4.98 Å². The van der Waals surface area contributed by atoms with E-state index in [1.807, 2.05) is 0 Å². The maximum Gasteiger partial charge on any atom is 0.174 e. The molecule has 0 aromatic carbocycles. The predicted octanol–water partition coefficient (Wildman–Crippen LogP) is 1.66. The van der Waals surface area contributed by atoms with E-state index in [4.69, 9.17) is 16.6 Å². The summed E-state index contributed by atoms with van der Waals surface area (Å²) in [4.78, 5) is 15.4.